The van der Waals surface area contributed by atoms with Crippen molar-refractivity contribution in [3.05, 3.63) is 65.2 Å². The van der Waals surface area contributed by atoms with Crippen LogP contribution < -0.4 is 10.6 Å². The highest BCUT2D eigenvalue weighted by Gasteiger charge is 2.20. The second kappa shape index (κ2) is 7.17. The van der Waals surface area contributed by atoms with Gasteiger partial charge in [0.1, 0.15) is 11.5 Å². The predicted molar refractivity (Wildman–Crippen MR) is 93.2 cm³/mol. The van der Waals surface area contributed by atoms with Gasteiger partial charge < -0.3 is 15.1 Å². The fourth-order valence-corrected chi connectivity index (χ4v) is 2.06. The molecular formula is C19H22N2O3. The van der Waals surface area contributed by atoms with Crippen LogP contribution in [-0.2, 0) is 4.79 Å². The van der Waals surface area contributed by atoms with Crippen LogP contribution in [0.1, 0.15) is 42.5 Å². The Bertz CT molecular complexity index is 753. The number of aryl methyl sites for hydroxylation is 1. The monoisotopic (exact) mass is 326 g/mol. The number of amides is 2. The van der Waals surface area contributed by atoms with E-state index in [0.717, 1.165) is 5.56 Å². The molecule has 5 nitrogen and oxygen atoms in total. The molecule has 0 aliphatic carbocycles. The van der Waals surface area contributed by atoms with Gasteiger partial charge in [0.25, 0.3) is 11.8 Å². The molecule has 2 N–H and O–H groups in total. The van der Waals surface area contributed by atoms with Crippen molar-refractivity contribution in [2.75, 3.05) is 0 Å². The SMILES string of the molecule is Cc1cccc(C(=O)N/C(=C\c2ccco2)C(=O)NC(C)(C)C)c1. The van der Waals surface area contributed by atoms with Crippen LogP contribution in [0.2, 0.25) is 0 Å². The lowest BCUT2D eigenvalue weighted by molar-refractivity contribution is -0.119. The number of carbonyl (C=O) groups is 2. The Kier molecular flexibility index (Phi) is 5.24. The first-order valence-corrected chi connectivity index (χ1v) is 7.70. The molecule has 0 atom stereocenters. The maximum atomic E-state index is 12.5. The maximum Gasteiger partial charge on any atom is 0.268 e. The zero-order chi connectivity index (χ0) is 17.7. The number of hydrogen-bond donors (Lipinski definition) is 2. The minimum Gasteiger partial charge on any atom is -0.465 e. The van der Waals surface area contributed by atoms with Gasteiger partial charge in [0.2, 0.25) is 0 Å². The molecule has 0 bridgehead atoms. The van der Waals surface area contributed by atoms with Crippen LogP contribution in [0, 0.1) is 6.92 Å². The van der Waals surface area contributed by atoms with E-state index >= 15 is 0 Å². The van der Waals surface area contributed by atoms with Gasteiger partial charge >= 0.3 is 0 Å². The summed E-state index contributed by atoms with van der Waals surface area (Å²) in [5.74, 6) is -0.237. The van der Waals surface area contributed by atoms with Crippen molar-refractivity contribution in [2.45, 2.75) is 33.2 Å². The minimum atomic E-state index is -0.423. The van der Waals surface area contributed by atoms with Gasteiger partial charge in [-0.1, -0.05) is 17.7 Å². The van der Waals surface area contributed by atoms with E-state index in [-0.39, 0.29) is 17.5 Å². The third kappa shape index (κ3) is 5.12. The molecule has 0 radical (unpaired) electrons. The van der Waals surface area contributed by atoms with Crippen molar-refractivity contribution < 1.29 is 14.0 Å². The van der Waals surface area contributed by atoms with E-state index in [1.54, 1.807) is 30.3 Å². The van der Waals surface area contributed by atoms with Crippen LogP contribution in [0.25, 0.3) is 6.08 Å². The number of rotatable bonds is 4. The van der Waals surface area contributed by atoms with Gasteiger partial charge in [-0.2, -0.15) is 0 Å². The molecule has 0 saturated heterocycles. The lowest BCUT2D eigenvalue weighted by atomic mass is 10.1. The van der Waals surface area contributed by atoms with E-state index < -0.39 is 5.54 Å². The van der Waals surface area contributed by atoms with Crippen LogP contribution in [0.4, 0.5) is 0 Å². The van der Waals surface area contributed by atoms with Crippen LogP contribution in [0.5, 0.6) is 0 Å². The standard InChI is InChI=1S/C19H22N2O3/c1-13-7-5-8-14(11-13)17(22)20-16(12-15-9-6-10-24-15)18(23)21-19(2,3)4/h5-12H,1-4H3,(H,20,22)(H,21,23)/b16-12-. The van der Waals surface area contributed by atoms with Gasteiger partial charge in [-0.05, 0) is 52.0 Å². The van der Waals surface area contributed by atoms with Gasteiger partial charge in [-0.15, -0.1) is 0 Å². The van der Waals surface area contributed by atoms with E-state index in [0.29, 0.717) is 11.3 Å². The van der Waals surface area contributed by atoms with Gasteiger partial charge in [0.05, 0.1) is 6.26 Å². The molecule has 0 aliphatic rings. The molecule has 1 heterocycles. The van der Waals surface area contributed by atoms with Crippen molar-refractivity contribution in [3.63, 3.8) is 0 Å². The first kappa shape index (κ1) is 17.5. The van der Waals surface area contributed by atoms with E-state index in [1.807, 2.05) is 33.8 Å². The molecule has 126 valence electrons. The Morgan fingerprint density at radius 1 is 1.12 bits per heavy atom. The quantitative estimate of drug-likeness (QED) is 0.847. The zero-order valence-corrected chi connectivity index (χ0v) is 14.3. The Morgan fingerprint density at radius 3 is 2.46 bits per heavy atom. The molecule has 24 heavy (non-hydrogen) atoms. The first-order valence-electron chi connectivity index (χ1n) is 7.70. The smallest absolute Gasteiger partial charge is 0.268 e. The highest BCUT2D eigenvalue weighted by Crippen LogP contribution is 2.10. The molecule has 2 aromatic rings. The summed E-state index contributed by atoms with van der Waals surface area (Å²) in [6.07, 6.45) is 3.02. The number of hydrogen-bond acceptors (Lipinski definition) is 3. The van der Waals surface area contributed by atoms with Crippen molar-refractivity contribution in [2.24, 2.45) is 0 Å². The van der Waals surface area contributed by atoms with Gasteiger partial charge in [-0.25, -0.2) is 0 Å². The minimum absolute atomic E-state index is 0.131. The van der Waals surface area contributed by atoms with Crippen LogP contribution >= 0.6 is 0 Å². The highest BCUT2D eigenvalue weighted by molar-refractivity contribution is 6.05. The third-order valence-corrected chi connectivity index (χ3v) is 3.09. The summed E-state index contributed by atoms with van der Waals surface area (Å²) in [7, 11) is 0. The molecule has 1 aromatic heterocycles. The first-order chi connectivity index (χ1) is 11.2. The largest absolute Gasteiger partial charge is 0.465 e. The second-order valence-electron chi connectivity index (χ2n) is 6.60. The lowest BCUT2D eigenvalue weighted by Gasteiger charge is -2.21. The average Bonchev–Trinajstić information content (AvgIpc) is 2.97. The van der Waals surface area contributed by atoms with Crippen LogP contribution in [0.3, 0.4) is 0 Å². The molecule has 5 heteroatoms. The van der Waals surface area contributed by atoms with E-state index in [9.17, 15) is 9.59 Å². The molecule has 1 aromatic carbocycles. The van der Waals surface area contributed by atoms with Crippen molar-refractivity contribution in [1.29, 1.82) is 0 Å². The van der Waals surface area contributed by atoms with E-state index in [1.165, 1.54) is 12.3 Å². The molecule has 0 fully saturated rings. The Hall–Kier alpha value is -2.82. The normalized spacial score (nSPS) is 11.9. The van der Waals surface area contributed by atoms with Crippen LogP contribution in [-0.4, -0.2) is 17.4 Å². The fraction of sp³-hybridized carbons (Fsp3) is 0.263. The molecule has 2 amide bonds. The Balaban J connectivity index is 2.26. The second-order valence-corrected chi connectivity index (χ2v) is 6.60. The van der Waals surface area contributed by atoms with E-state index in [4.69, 9.17) is 4.42 Å². The fourth-order valence-electron chi connectivity index (χ4n) is 2.06. The molecular weight excluding hydrogens is 304 g/mol. The Labute approximate surface area is 141 Å². The van der Waals surface area contributed by atoms with Crippen molar-refractivity contribution >= 4 is 17.9 Å². The van der Waals surface area contributed by atoms with E-state index in [2.05, 4.69) is 10.6 Å². The Morgan fingerprint density at radius 2 is 1.88 bits per heavy atom. The summed E-state index contributed by atoms with van der Waals surface area (Å²) in [6.45, 7) is 7.52. The molecule has 0 saturated carbocycles. The lowest BCUT2D eigenvalue weighted by Crippen LogP contribution is -2.44. The summed E-state index contributed by atoms with van der Waals surface area (Å²) in [5, 5.41) is 5.51. The topological polar surface area (TPSA) is 71.3 Å². The maximum absolute atomic E-state index is 12.5. The third-order valence-electron chi connectivity index (χ3n) is 3.09. The van der Waals surface area contributed by atoms with Crippen molar-refractivity contribution in [1.82, 2.24) is 10.6 Å². The number of furan rings is 1. The summed E-state index contributed by atoms with van der Waals surface area (Å²) in [5.41, 5.74) is 1.17. The average molecular weight is 326 g/mol. The predicted octanol–water partition coefficient (Wildman–Crippen LogP) is 3.27. The molecule has 0 aliphatic heterocycles. The number of carbonyl (C=O) groups excluding carboxylic acids is 2. The van der Waals surface area contributed by atoms with Gasteiger partial charge in [0.15, 0.2) is 0 Å². The molecule has 0 spiro atoms. The molecule has 2 rings (SSSR count). The number of benzene rings is 1. The molecule has 0 unspecified atom stereocenters. The summed E-state index contributed by atoms with van der Waals surface area (Å²) < 4.78 is 5.24. The zero-order valence-electron chi connectivity index (χ0n) is 14.3. The van der Waals surface area contributed by atoms with Crippen LogP contribution in [0.15, 0.2) is 52.8 Å². The van der Waals surface area contributed by atoms with Crippen molar-refractivity contribution in [3.8, 4) is 0 Å². The summed E-state index contributed by atoms with van der Waals surface area (Å²) in [6, 6.07) is 10.6. The summed E-state index contributed by atoms with van der Waals surface area (Å²) >= 11 is 0. The highest BCUT2D eigenvalue weighted by atomic mass is 16.3. The van der Waals surface area contributed by atoms with Gasteiger partial charge in [0, 0.05) is 17.2 Å². The summed E-state index contributed by atoms with van der Waals surface area (Å²) in [4.78, 5) is 24.9. The van der Waals surface area contributed by atoms with Gasteiger partial charge in [-0.3, -0.25) is 9.59 Å². The number of nitrogens with one attached hydrogen (secondary N) is 2.